The Morgan fingerprint density at radius 1 is 0.818 bits per heavy atom. The van der Waals surface area contributed by atoms with Gasteiger partial charge in [0.05, 0.1) is 6.54 Å². The van der Waals surface area contributed by atoms with Gasteiger partial charge in [0.2, 0.25) is 11.8 Å². The number of hydrogen-bond acceptors (Lipinski definition) is 4. The standard InChI is InChI=1S/C26H34N4O3/c1-2-3-5-11-24(31)29-23-10-8-9-22(18-23)27-19-25(32)28-21-14-12-20(13-15-21)26(33)30-16-6-4-7-17-30/h8-10,12-15,18,27H,2-7,11,16-17,19H2,1H3,(H,28,32)(H,29,31). The minimum atomic E-state index is -0.195. The van der Waals surface area contributed by atoms with Gasteiger partial charge in [0.15, 0.2) is 0 Å². The van der Waals surface area contributed by atoms with Crippen LogP contribution in [0.1, 0.15) is 62.2 Å². The Kier molecular flexibility index (Phi) is 9.30. The van der Waals surface area contributed by atoms with Crippen molar-refractivity contribution < 1.29 is 14.4 Å². The lowest BCUT2D eigenvalue weighted by Gasteiger charge is -2.26. The number of anilines is 3. The summed E-state index contributed by atoms with van der Waals surface area (Å²) in [4.78, 5) is 38.8. The molecule has 3 N–H and O–H groups in total. The van der Waals surface area contributed by atoms with Crippen LogP contribution in [0.3, 0.4) is 0 Å². The molecule has 0 radical (unpaired) electrons. The molecule has 0 aliphatic carbocycles. The summed E-state index contributed by atoms with van der Waals surface area (Å²) in [5.74, 6) is -0.147. The lowest BCUT2D eigenvalue weighted by Crippen LogP contribution is -2.35. The van der Waals surface area contributed by atoms with Crippen LogP contribution in [0.5, 0.6) is 0 Å². The number of nitrogens with zero attached hydrogens (tertiary/aromatic N) is 1. The van der Waals surface area contributed by atoms with E-state index in [-0.39, 0.29) is 24.3 Å². The van der Waals surface area contributed by atoms with E-state index in [0.29, 0.717) is 23.4 Å². The van der Waals surface area contributed by atoms with Gasteiger partial charge in [-0.1, -0.05) is 25.8 Å². The average molecular weight is 451 g/mol. The smallest absolute Gasteiger partial charge is 0.253 e. The first kappa shape index (κ1) is 24.3. The number of rotatable bonds is 10. The van der Waals surface area contributed by atoms with Gasteiger partial charge in [-0.05, 0) is 68.1 Å². The molecule has 1 aliphatic heterocycles. The Morgan fingerprint density at radius 3 is 2.24 bits per heavy atom. The molecule has 0 unspecified atom stereocenters. The van der Waals surface area contributed by atoms with Crippen LogP contribution < -0.4 is 16.0 Å². The van der Waals surface area contributed by atoms with Gasteiger partial charge >= 0.3 is 0 Å². The predicted molar refractivity (Wildman–Crippen MR) is 133 cm³/mol. The highest BCUT2D eigenvalue weighted by Gasteiger charge is 2.18. The number of benzene rings is 2. The Bertz CT molecular complexity index is 937. The third-order valence-corrected chi connectivity index (χ3v) is 5.67. The first-order chi connectivity index (χ1) is 16.0. The first-order valence-electron chi connectivity index (χ1n) is 11.9. The van der Waals surface area contributed by atoms with Gasteiger partial charge in [0, 0.05) is 42.1 Å². The summed E-state index contributed by atoms with van der Waals surface area (Å²) in [7, 11) is 0. The molecule has 0 atom stereocenters. The van der Waals surface area contributed by atoms with E-state index in [1.807, 2.05) is 29.2 Å². The van der Waals surface area contributed by atoms with Gasteiger partial charge in [-0.15, -0.1) is 0 Å². The second-order valence-corrected chi connectivity index (χ2v) is 8.42. The molecule has 0 aromatic heterocycles. The summed E-state index contributed by atoms with van der Waals surface area (Å²) in [6.07, 6.45) is 6.81. The first-order valence-corrected chi connectivity index (χ1v) is 11.9. The fourth-order valence-corrected chi connectivity index (χ4v) is 3.83. The van der Waals surface area contributed by atoms with Crippen molar-refractivity contribution in [2.75, 3.05) is 35.6 Å². The van der Waals surface area contributed by atoms with E-state index < -0.39 is 0 Å². The summed E-state index contributed by atoms with van der Waals surface area (Å²) in [5.41, 5.74) is 2.74. The fraction of sp³-hybridized carbons (Fsp3) is 0.423. The van der Waals surface area contributed by atoms with E-state index in [0.717, 1.165) is 50.9 Å². The zero-order valence-corrected chi connectivity index (χ0v) is 19.4. The van der Waals surface area contributed by atoms with Crippen molar-refractivity contribution in [3.8, 4) is 0 Å². The van der Waals surface area contributed by atoms with Crippen LogP contribution in [-0.2, 0) is 9.59 Å². The molecule has 3 rings (SSSR count). The molecule has 1 aliphatic rings. The molecule has 2 aromatic carbocycles. The zero-order valence-electron chi connectivity index (χ0n) is 19.4. The topological polar surface area (TPSA) is 90.5 Å². The molecular formula is C26H34N4O3. The van der Waals surface area contributed by atoms with E-state index in [1.165, 1.54) is 6.42 Å². The van der Waals surface area contributed by atoms with Crippen LogP contribution in [0, 0.1) is 0 Å². The molecular weight excluding hydrogens is 416 g/mol. The number of hydrogen-bond donors (Lipinski definition) is 3. The van der Waals surface area contributed by atoms with Gasteiger partial charge in [-0.3, -0.25) is 14.4 Å². The maximum absolute atomic E-state index is 12.6. The largest absolute Gasteiger partial charge is 0.376 e. The van der Waals surface area contributed by atoms with Crippen molar-refractivity contribution in [3.05, 3.63) is 54.1 Å². The zero-order chi connectivity index (χ0) is 23.5. The Balaban J connectivity index is 1.45. The highest BCUT2D eigenvalue weighted by atomic mass is 16.2. The van der Waals surface area contributed by atoms with Crippen molar-refractivity contribution in [1.29, 1.82) is 0 Å². The van der Waals surface area contributed by atoms with Crippen LogP contribution >= 0.6 is 0 Å². The Labute approximate surface area is 195 Å². The second-order valence-electron chi connectivity index (χ2n) is 8.42. The maximum Gasteiger partial charge on any atom is 0.253 e. The lowest BCUT2D eigenvalue weighted by molar-refractivity contribution is -0.116. The molecule has 7 nitrogen and oxygen atoms in total. The van der Waals surface area contributed by atoms with Gasteiger partial charge in [0.1, 0.15) is 0 Å². The number of nitrogens with one attached hydrogen (secondary N) is 3. The quantitative estimate of drug-likeness (QED) is 0.450. The van der Waals surface area contributed by atoms with Gasteiger partial charge in [0.25, 0.3) is 5.91 Å². The fourth-order valence-electron chi connectivity index (χ4n) is 3.83. The summed E-state index contributed by atoms with van der Waals surface area (Å²) in [5, 5.41) is 8.81. The molecule has 176 valence electrons. The molecule has 3 amide bonds. The van der Waals surface area contributed by atoms with Crippen molar-refractivity contribution in [3.63, 3.8) is 0 Å². The van der Waals surface area contributed by atoms with Crippen molar-refractivity contribution in [1.82, 2.24) is 4.90 Å². The van der Waals surface area contributed by atoms with E-state index in [4.69, 9.17) is 0 Å². The van der Waals surface area contributed by atoms with Crippen molar-refractivity contribution in [2.45, 2.75) is 51.9 Å². The van der Waals surface area contributed by atoms with Gasteiger partial charge in [-0.2, -0.15) is 0 Å². The third kappa shape index (κ3) is 7.93. The Hall–Kier alpha value is -3.35. The van der Waals surface area contributed by atoms with E-state index in [1.54, 1.807) is 24.3 Å². The molecule has 33 heavy (non-hydrogen) atoms. The maximum atomic E-state index is 12.6. The molecule has 1 saturated heterocycles. The number of piperidine rings is 1. The number of amides is 3. The number of likely N-dealkylation sites (tertiary alicyclic amines) is 1. The lowest BCUT2D eigenvalue weighted by atomic mass is 10.1. The van der Waals surface area contributed by atoms with E-state index in [9.17, 15) is 14.4 Å². The second kappa shape index (κ2) is 12.6. The van der Waals surface area contributed by atoms with Gasteiger partial charge in [-0.25, -0.2) is 0 Å². The summed E-state index contributed by atoms with van der Waals surface area (Å²) >= 11 is 0. The normalized spacial score (nSPS) is 13.3. The van der Waals surface area contributed by atoms with Gasteiger partial charge < -0.3 is 20.9 Å². The predicted octanol–water partition coefficient (Wildman–Crippen LogP) is 4.88. The highest BCUT2D eigenvalue weighted by molar-refractivity contribution is 5.97. The van der Waals surface area contributed by atoms with E-state index in [2.05, 4.69) is 22.9 Å². The van der Waals surface area contributed by atoms with E-state index >= 15 is 0 Å². The molecule has 1 fully saturated rings. The van der Waals surface area contributed by atoms with Crippen LogP contribution in [0.2, 0.25) is 0 Å². The van der Waals surface area contributed by atoms with Crippen molar-refractivity contribution >= 4 is 34.8 Å². The van der Waals surface area contributed by atoms with Crippen LogP contribution in [0.4, 0.5) is 17.1 Å². The molecule has 2 aromatic rings. The number of carbonyl (C=O) groups is 3. The SMILES string of the molecule is CCCCCC(=O)Nc1cccc(NCC(=O)Nc2ccc(C(=O)N3CCCCC3)cc2)c1. The summed E-state index contributed by atoms with van der Waals surface area (Å²) < 4.78 is 0. The Morgan fingerprint density at radius 2 is 1.52 bits per heavy atom. The van der Waals surface area contributed by atoms with Crippen LogP contribution in [0.15, 0.2) is 48.5 Å². The third-order valence-electron chi connectivity index (χ3n) is 5.67. The molecule has 0 saturated carbocycles. The molecule has 1 heterocycles. The minimum Gasteiger partial charge on any atom is -0.376 e. The molecule has 0 spiro atoms. The summed E-state index contributed by atoms with van der Waals surface area (Å²) in [6, 6.07) is 14.3. The molecule has 0 bridgehead atoms. The number of carbonyl (C=O) groups excluding carboxylic acids is 3. The van der Waals surface area contributed by atoms with Crippen LogP contribution in [0.25, 0.3) is 0 Å². The average Bonchev–Trinajstić information content (AvgIpc) is 2.84. The van der Waals surface area contributed by atoms with Crippen LogP contribution in [-0.4, -0.2) is 42.3 Å². The highest BCUT2D eigenvalue weighted by Crippen LogP contribution is 2.17. The minimum absolute atomic E-state index is 0.000517. The number of unbranched alkanes of at least 4 members (excludes halogenated alkanes) is 2. The molecule has 7 heteroatoms. The summed E-state index contributed by atoms with van der Waals surface area (Å²) in [6.45, 7) is 3.82. The monoisotopic (exact) mass is 450 g/mol. The van der Waals surface area contributed by atoms with Crippen molar-refractivity contribution in [2.24, 2.45) is 0 Å².